The van der Waals surface area contributed by atoms with Gasteiger partial charge in [0.1, 0.15) is 18.2 Å². The van der Waals surface area contributed by atoms with Crippen molar-refractivity contribution >= 4 is 17.6 Å². The summed E-state index contributed by atoms with van der Waals surface area (Å²) in [6.07, 6.45) is 1.32. The van der Waals surface area contributed by atoms with Gasteiger partial charge in [-0.15, -0.1) is 0 Å². The molecule has 6 nitrogen and oxygen atoms in total. The molecule has 1 heterocycles. The molecule has 3 rings (SSSR count). The molecule has 0 spiro atoms. The third-order valence-electron chi connectivity index (χ3n) is 5.86. The zero-order chi connectivity index (χ0) is 26.5. The third-order valence-corrected chi connectivity index (χ3v) is 5.86. The number of nitrogens with zero attached hydrogens (tertiary/aromatic N) is 3. The first kappa shape index (κ1) is 27.1. The van der Waals surface area contributed by atoms with E-state index in [-0.39, 0.29) is 41.6 Å². The van der Waals surface area contributed by atoms with Crippen LogP contribution in [0.5, 0.6) is 0 Å². The summed E-state index contributed by atoms with van der Waals surface area (Å²) in [6, 6.07) is 17.2. The number of halogens is 1. The number of anilines is 1. The SMILES string of the molecule is CC(CC(=O)N(CC(=O)Nc1cc(-c2ccccc2)nn1-c1ccc(F)cc1)C(C)C)CC(C)(C)C. The number of hydrogen-bond donors (Lipinski definition) is 1. The van der Waals surface area contributed by atoms with Crippen molar-refractivity contribution in [3.8, 4) is 16.9 Å². The highest BCUT2D eigenvalue weighted by Crippen LogP contribution is 2.27. The number of nitrogens with one attached hydrogen (secondary N) is 1. The van der Waals surface area contributed by atoms with Crippen molar-refractivity contribution in [2.24, 2.45) is 11.3 Å². The highest BCUT2D eigenvalue weighted by Gasteiger charge is 2.25. The smallest absolute Gasteiger partial charge is 0.245 e. The second-order valence-corrected chi connectivity index (χ2v) is 10.9. The molecular weight excluding hydrogens is 455 g/mol. The molecule has 7 heteroatoms. The molecule has 0 saturated heterocycles. The molecular formula is C29H37FN4O2. The van der Waals surface area contributed by atoms with Crippen LogP contribution in [0.3, 0.4) is 0 Å². The monoisotopic (exact) mass is 492 g/mol. The Morgan fingerprint density at radius 1 is 1.03 bits per heavy atom. The number of hydrogen-bond acceptors (Lipinski definition) is 3. The average molecular weight is 493 g/mol. The third kappa shape index (κ3) is 7.51. The Morgan fingerprint density at radius 3 is 2.25 bits per heavy atom. The molecule has 0 aliphatic rings. The van der Waals surface area contributed by atoms with Crippen molar-refractivity contribution < 1.29 is 14.0 Å². The Morgan fingerprint density at radius 2 is 1.67 bits per heavy atom. The summed E-state index contributed by atoms with van der Waals surface area (Å²) in [6.45, 7) is 12.3. The second-order valence-electron chi connectivity index (χ2n) is 10.9. The first-order chi connectivity index (χ1) is 16.9. The summed E-state index contributed by atoms with van der Waals surface area (Å²) in [5.41, 5.74) is 2.31. The Balaban J connectivity index is 1.81. The van der Waals surface area contributed by atoms with Gasteiger partial charge in [0.2, 0.25) is 11.8 Å². The van der Waals surface area contributed by atoms with Crippen LogP contribution in [-0.2, 0) is 9.59 Å². The van der Waals surface area contributed by atoms with Crippen molar-refractivity contribution in [1.82, 2.24) is 14.7 Å². The maximum Gasteiger partial charge on any atom is 0.245 e. The minimum absolute atomic E-state index is 0.0334. The van der Waals surface area contributed by atoms with E-state index < -0.39 is 0 Å². The zero-order valence-corrected chi connectivity index (χ0v) is 22.1. The number of aromatic nitrogens is 2. The van der Waals surface area contributed by atoms with E-state index in [4.69, 9.17) is 0 Å². The van der Waals surface area contributed by atoms with Crippen LogP contribution in [0.1, 0.15) is 54.4 Å². The van der Waals surface area contributed by atoms with Gasteiger partial charge < -0.3 is 10.2 Å². The lowest BCUT2D eigenvalue weighted by atomic mass is 9.84. The Bertz CT molecular complexity index is 1160. The summed E-state index contributed by atoms with van der Waals surface area (Å²) in [5.74, 6) is -0.0401. The van der Waals surface area contributed by atoms with E-state index in [9.17, 15) is 14.0 Å². The molecule has 36 heavy (non-hydrogen) atoms. The van der Waals surface area contributed by atoms with Crippen molar-refractivity contribution in [2.45, 2.75) is 60.4 Å². The van der Waals surface area contributed by atoms with Gasteiger partial charge in [-0.25, -0.2) is 9.07 Å². The molecule has 1 aromatic heterocycles. The number of amides is 2. The Kier molecular flexibility index (Phi) is 8.66. The second kappa shape index (κ2) is 11.5. The average Bonchev–Trinajstić information content (AvgIpc) is 3.20. The largest absolute Gasteiger partial charge is 0.331 e. The van der Waals surface area contributed by atoms with E-state index in [0.717, 1.165) is 12.0 Å². The Labute approximate surface area is 213 Å². The Hall–Kier alpha value is -3.48. The summed E-state index contributed by atoms with van der Waals surface area (Å²) in [4.78, 5) is 27.8. The van der Waals surface area contributed by atoms with Crippen LogP contribution < -0.4 is 5.32 Å². The fourth-order valence-corrected chi connectivity index (χ4v) is 4.43. The van der Waals surface area contributed by atoms with Crippen LogP contribution in [-0.4, -0.2) is 39.1 Å². The van der Waals surface area contributed by atoms with Gasteiger partial charge in [0.05, 0.1) is 11.4 Å². The minimum Gasteiger partial charge on any atom is -0.331 e. The van der Waals surface area contributed by atoms with E-state index in [1.54, 1.807) is 27.8 Å². The molecule has 2 amide bonds. The lowest BCUT2D eigenvalue weighted by Gasteiger charge is -2.29. The maximum absolute atomic E-state index is 13.5. The van der Waals surface area contributed by atoms with Crippen LogP contribution in [0, 0.1) is 17.2 Å². The molecule has 1 N–H and O–H groups in total. The van der Waals surface area contributed by atoms with Gasteiger partial charge in [-0.05, 0) is 55.9 Å². The molecule has 1 atom stereocenters. The number of rotatable bonds is 9. The van der Waals surface area contributed by atoms with Gasteiger partial charge in [0.15, 0.2) is 0 Å². The highest BCUT2D eigenvalue weighted by molar-refractivity contribution is 5.94. The van der Waals surface area contributed by atoms with Crippen molar-refractivity contribution in [3.63, 3.8) is 0 Å². The van der Waals surface area contributed by atoms with Crippen molar-refractivity contribution in [1.29, 1.82) is 0 Å². The highest BCUT2D eigenvalue weighted by atomic mass is 19.1. The summed E-state index contributed by atoms with van der Waals surface area (Å²) in [5, 5.41) is 7.57. The fraction of sp³-hybridized carbons (Fsp3) is 0.414. The first-order valence-corrected chi connectivity index (χ1v) is 12.4. The van der Waals surface area contributed by atoms with E-state index in [1.165, 1.54) is 12.1 Å². The zero-order valence-electron chi connectivity index (χ0n) is 22.1. The fourth-order valence-electron chi connectivity index (χ4n) is 4.43. The van der Waals surface area contributed by atoms with E-state index in [2.05, 4.69) is 38.1 Å². The molecule has 0 saturated carbocycles. The first-order valence-electron chi connectivity index (χ1n) is 12.4. The van der Waals surface area contributed by atoms with Gasteiger partial charge in [-0.1, -0.05) is 58.0 Å². The molecule has 0 aliphatic heterocycles. The van der Waals surface area contributed by atoms with Crippen LogP contribution in [0.2, 0.25) is 0 Å². The minimum atomic E-state index is -0.355. The lowest BCUT2D eigenvalue weighted by molar-refractivity contribution is -0.137. The van der Waals surface area contributed by atoms with Crippen LogP contribution >= 0.6 is 0 Å². The predicted molar refractivity (Wildman–Crippen MR) is 142 cm³/mol. The topological polar surface area (TPSA) is 67.2 Å². The molecule has 0 aliphatic carbocycles. The van der Waals surface area contributed by atoms with Gasteiger partial charge in [-0.2, -0.15) is 5.10 Å². The van der Waals surface area contributed by atoms with Gasteiger partial charge in [0, 0.05) is 24.1 Å². The molecule has 2 aromatic carbocycles. The number of carbonyl (C=O) groups is 2. The van der Waals surface area contributed by atoms with E-state index in [0.29, 0.717) is 23.6 Å². The quantitative estimate of drug-likeness (QED) is 0.380. The van der Waals surface area contributed by atoms with Crippen LogP contribution in [0.15, 0.2) is 60.7 Å². The molecule has 0 bridgehead atoms. The molecule has 1 unspecified atom stereocenters. The number of benzene rings is 2. The van der Waals surface area contributed by atoms with Crippen LogP contribution in [0.4, 0.5) is 10.2 Å². The normalized spacial score (nSPS) is 12.4. The van der Waals surface area contributed by atoms with Crippen LogP contribution in [0.25, 0.3) is 16.9 Å². The molecule has 0 fully saturated rings. The standard InChI is InChI=1S/C29H37FN4O2/c1-20(2)33(28(36)16-21(3)18-29(4,5)6)19-27(35)31-26-17-25(22-10-8-7-9-11-22)32-34(26)24-14-12-23(30)13-15-24/h7-15,17,20-21H,16,18-19H2,1-6H3,(H,31,35). The van der Waals surface area contributed by atoms with Gasteiger partial charge in [0.25, 0.3) is 0 Å². The summed E-state index contributed by atoms with van der Waals surface area (Å²) >= 11 is 0. The number of carbonyl (C=O) groups excluding carboxylic acids is 2. The van der Waals surface area contributed by atoms with E-state index >= 15 is 0 Å². The molecule has 3 aromatic rings. The predicted octanol–water partition coefficient (Wildman–Crippen LogP) is 6.32. The van der Waals surface area contributed by atoms with Gasteiger partial charge >= 0.3 is 0 Å². The molecule has 0 radical (unpaired) electrons. The maximum atomic E-state index is 13.5. The van der Waals surface area contributed by atoms with E-state index in [1.807, 2.05) is 44.2 Å². The summed E-state index contributed by atoms with van der Waals surface area (Å²) in [7, 11) is 0. The van der Waals surface area contributed by atoms with Gasteiger partial charge in [-0.3, -0.25) is 9.59 Å². The van der Waals surface area contributed by atoms with Crippen molar-refractivity contribution in [2.75, 3.05) is 11.9 Å². The lowest BCUT2D eigenvalue weighted by Crippen LogP contribution is -2.43. The molecule has 192 valence electrons. The van der Waals surface area contributed by atoms with Crippen molar-refractivity contribution in [3.05, 3.63) is 66.5 Å². The summed E-state index contributed by atoms with van der Waals surface area (Å²) < 4.78 is 15.1.